The highest BCUT2D eigenvalue weighted by atomic mass is 32.2. The number of nitrogens with zero attached hydrogens (tertiary/aromatic N) is 2. The van der Waals surface area contributed by atoms with Crippen LogP contribution in [0, 0.1) is 20.8 Å². The Morgan fingerprint density at radius 1 is 1.15 bits per heavy atom. The van der Waals surface area contributed by atoms with E-state index in [1.165, 1.54) is 23.1 Å². The average Bonchev–Trinajstić information content (AvgIpc) is 2.89. The molecule has 1 saturated carbocycles. The summed E-state index contributed by atoms with van der Waals surface area (Å²) in [6.07, 6.45) is 5.46. The van der Waals surface area contributed by atoms with Gasteiger partial charge in [-0.05, 0) is 46.1 Å². The van der Waals surface area contributed by atoms with Gasteiger partial charge in [0.05, 0.1) is 5.25 Å². The van der Waals surface area contributed by atoms with Crippen molar-refractivity contribution < 1.29 is 9.59 Å². The molecule has 2 heterocycles. The van der Waals surface area contributed by atoms with E-state index in [4.69, 9.17) is 0 Å². The molecule has 0 aliphatic heterocycles. The molecule has 0 saturated heterocycles. The second-order valence-electron chi connectivity index (χ2n) is 7.10. The van der Waals surface area contributed by atoms with E-state index < -0.39 is 11.3 Å². The number of thioether (sulfide) groups is 1. The summed E-state index contributed by atoms with van der Waals surface area (Å²) < 4.78 is 0. The number of carbonyl (C=O) groups excluding carboxylic acids is 2. The van der Waals surface area contributed by atoms with E-state index >= 15 is 0 Å². The number of aromatic nitrogens is 2. The average molecular weight is 407 g/mol. The fraction of sp³-hybridized carbons (Fsp3) is 0.579. The highest BCUT2D eigenvalue weighted by molar-refractivity contribution is 8.00. The lowest BCUT2D eigenvalue weighted by atomic mass is 9.96. The van der Waals surface area contributed by atoms with Gasteiger partial charge in [-0.2, -0.15) is 0 Å². The second kappa shape index (κ2) is 8.56. The van der Waals surface area contributed by atoms with Gasteiger partial charge in [0.1, 0.15) is 15.7 Å². The third kappa shape index (κ3) is 4.79. The summed E-state index contributed by atoms with van der Waals surface area (Å²) in [5.74, 6) is 0.385. The Morgan fingerprint density at radius 3 is 2.56 bits per heavy atom. The van der Waals surface area contributed by atoms with Gasteiger partial charge in [0.15, 0.2) is 0 Å². The Balaban J connectivity index is 1.66. The minimum atomic E-state index is -0.431. The number of nitrogens with one attached hydrogen (secondary N) is 2. The molecule has 3 amide bonds. The first kappa shape index (κ1) is 20.1. The van der Waals surface area contributed by atoms with Crippen molar-refractivity contribution >= 4 is 45.3 Å². The Bertz CT molecular complexity index is 859. The smallest absolute Gasteiger partial charge is 0.321 e. The summed E-state index contributed by atoms with van der Waals surface area (Å²) in [5, 5.41) is 6.78. The Hall–Kier alpha value is -1.67. The highest BCUT2D eigenvalue weighted by Crippen LogP contribution is 2.36. The van der Waals surface area contributed by atoms with Crippen molar-refractivity contribution in [2.45, 2.75) is 76.1 Å². The molecule has 1 aliphatic carbocycles. The van der Waals surface area contributed by atoms with Crippen molar-refractivity contribution in [3.8, 4) is 0 Å². The minimum Gasteiger partial charge on any atom is -0.335 e. The normalized spacial score (nSPS) is 16.3. The van der Waals surface area contributed by atoms with Gasteiger partial charge >= 0.3 is 6.03 Å². The lowest BCUT2D eigenvalue weighted by molar-refractivity contribution is -0.119. The molecule has 2 N–H and O–H groups in total. The van der Waals surface area contributed by atoms with E-state index in [2.05, 4.69) is 34.4 Å². The van der Waals surface area contributed by atoms with Gasteiger partial charge in [0.2, 0.25) is 5.91 Å². The predicted molar refractivity (Wildman–Crippen MR) is 110 cm³/mol. The van der Waals surface area contributed by atoms with Crippen LogP contribution in [-0.2, 0) is 4.79 Å². The maximum atomic E-state index is 12.5. The van der Waals surface area contributed by atoms with E-state index in [1.807, 2.05) is 6.92 Å². The van der Waals surface area contributed by atoms with Gasteiger partial charge in [-0.15, -0.1) is 11.3 Å². The minimum absolute atomic E-state index is 0.176. The molecule has 1 aliphatic rings. The van der Waals surface area contributed by atoms with Gasteiger partial charge in [0, 0.05) is 16.3 Å². The molecule has 146 valence electrons. The van der Waals surface area contributed by atoms with Gasteiger partial charge in [-0.3, -0.25) is 10.1 Å². The number of imide groups is 1. The first-order valence-electron chi connectivity index (χ1n) is 9.37. The molecule has 0 unspecified atom stereocenters. The van der Waals surface area contributed by atoms with E-state index in [0.717, 1.165) is 46.5 Å². The van der Waals surface area contributed by atoms with Crippen LogP contribution in [-0.4, -0.2) is 33.2 Å². The molecule has 1 fully saturated rings. The summed E-state index contributed by atoms with van der Waals surface area (Å²) >= 11 is 3.02. The maximum Gasteiger partial charge on any atom is 0.321 e. The monoisotopic (exact) mass is 406 g/mol. The Kier molecular flexibility index (Phi) is 6.37. The van der Waals surface area contributed by atoms with Crippen LogP contribution in [0.2, 0.25) is 0 Å². The number of thiophene rings is 1. The third-order valence-electron chi connectivity index (χ3n) is 4.94. The van der Waals surface area contributed by atoms with E-state index in [1.54, 1.807) is 18.3 Å². The zero-order valence-electron chi connectivity index (χ0n) is 16.2. The summed E-state index contributed by atoms with van der Waals surface area (Å²) in [5.41, 5.74) is 1.15. The largest absolute Gasteiger partial charge is 0.335 e. The molecule has 27 heavy (non-hydrogen) atoms. The number of carbonyl (C=O) groups is 2. The van der Waals surface area contributed by atoms with Crippen LogP contribution in [0.15, 0.2) is 5.03 Å². The number of rotatable bonds is 4. The van der Waals surface area contributed by atoms with Crippen molar-refractivity contribution in [1.29, 1.82) is 0 Å². The quantitative estimate of drug-likeness (QED) is 0.586. The lowest BCUT2D eigenvalue weighted by Gasteiger charge is -2.23. The number of hydrogen-bond donors (Lipinski definition) is 2. The number of amides is 3. The molecule has 3 rings (SSSR count). The van der Waals surface area contributed by atoms with Crippen molar-refractivity contribution in [1.82, 2.24) is 20.6 Å². The van der Waals surface area contributed by atoms with Gasteiger partial charge in [-0.1, -0.05) is 31.0 Å². The van der Waals surface area contributed by atoms with Crippen molar-refractivity contribution in [3.05, 3.63) is 16.3 Å². The topological polar surface area (TPSA) is 84.0 Å². The maximum absolute atomic E-state index is 12.5. The van der Waals surface area contributed by atoms with Gasteiger partial charge in [-0.25, -0.2) is 14.8 Å². The van der Waals surface area contributed by atoms with Crippen LogP contribution in [0.4, 0.5) is 4.79 Å². The second-order valence-corrected chi connectivity index (χ2v) is 9.63. The Morgan fingerprint density at radius 2 is 1.85 bits per heavy atom. The molecular formula is C19H26N4O2S2. The molecule has 6 nitrogen and oxygen atoms in total. The zero-order chi connectivity index (χ0) is 19.6. The molecule has 0 bridgehead atoms. The predicted octanol–water partition coefficient (Wildman–Crippen LogP) is 4.26. The van der Waals surface area contributed by atoms with Crippen LogP contribution in [0.3, 0.4) is 0 Å². The van der Waals surface area contributed by atoms with Crippen LogP contribution >= 0.6 is 23.1 Å². The molecule has 1 atom stereocenters. The van der Waals surface area contributed by atoms with E-state index in [-0.39, 0.29) is 11.9 Å². The first-order valence-corrected chi connectivity index (χ1v) is 11.1. The number of hydrogen-bond acceptors (Lipinski definition) is 6. The van der Waals surface area contributed by atoms with Crippen LogP contribution in [0.5, 0.6) is 0 Å². The molecule has 0 radical (unpaired) electrons. The summed E-state index contributed by atoms with van der Waals surface area (Å²) in [6, 6.07) is -0.221. The molecule has 2 aromatic rings. The van der Waals surface area contributed by atoms with Crippen LogP contribution in [0.1, 0.15) is 55.3 Å². The standard InChI is InChI=1S/C19H26N4O2S2/c1-10-11(2)26-17-15(10)18(21-13(4)20-17)27-12(3)16(24)23-19(25)22-14-8-6-5-7-9-14/h12,14H,5-9H2,1-4H3,(H2,22,23,24,25)/t12-/m1/s1. The van der Waals surface area contributed by atoms with Gasteiger partial charge < -0.3 is 5.32 Å². The fourth-order valence-electron chi connectivity index (χ4n) is 3.30. The van der Waals surface area contributed by atoms with Crippen molar-refractivity contribution in [2.75, 3.05) is 0 Å². The highest BCUT2D eigenvalue weighted by Gasteiger charge is 2.23. The zero-order valence-corrected chi connectivity index (χ0v) is 17.9. The molecule has 0 spiro atoms. The van der Waals surface area contributed by atoms with E-state index in [0.29, 0.717) is 5.82 Å². The molecule has 2 aromatic heterocycles. The number of urea groups is 1. The number of fused-ring (bicyclic) bond motifs is 1. The molecular weight excluding hydrogens is 380 g/mol. The van der Waals surface area contributed by atoms with Crippen LogP contribution in [0.25, 0.3) is 10.2 Å². The third-order valence-corrected chi connectivity index (χ3v) is 7.13. The van der Waals surface area contributed by atoms with E-state index in [9.17, 15) is 9.59 Å². The number of aryl methyl sites for hydroxylation is 3. The Labute approximate surface area is 167 Å². The fourth-order valence-corrected chi connectivity index (χ4v) is 5.50. The molecule has 0 aromatic carbocycles. The first-order chi connectivity index (χ1) is 12.8. The van der Waals surface area contributed by atoms with Crippen LogP contribution < -0.4 is 10.6 Å². The van der Waals surface area contributed by atoms with Crippen molar-refractivity contribution in [3.63, 3.8) is 0 Å². The summed E-state index contributed by atoms with van der Waals surface area (Å²) in [6.45, 7) is 7.78. The summed E-state index contributed by atoms with van der Waals surface area (Å²) in [4.78, 5) is 35.8. The lowest BCUT2D eigenvalue weighted by Crippen LogP contribution is -2.47. The summed E-state index contributed by atoms with van der Waals surface area (Å²) in [7, 11) is 0. The molecule has 8 heteroatoms. The van der Waals surface area contributed by atoms with Crippen molar-refractivity contribution in [2.24, 2.45) is 0 Å². The SMILES string of the molecule is Cc1nc(S[C@H](C)C(=O)NC(=O)NC2CCCCC2)c2c(C)c(C)sc2n1. The van der Waals surface area contributed by atoms with Gasteiger partial charge in [0.25, 0.3) is 0 Å².